The molecule has 15 heavy (non-hydrogen) atoms. The van der Waals surface area contributed by atoms with Gasteiger partial charge in [0, 0.05) is 6.04 Å². The second-order valence-electron chi connectivity index (χ2n) is 5.53. The van der Waals surface area contributed by atoms with Crippen LogP contribution >= 0.6 is 50.5 Å². The molecule has 0 aromatic rings. The second kappa shape index (κ2) is 4.23. The lowest BCUT2D eigenvalue weighted by molar-refractivity contribution is 0.0446. The van der Waals surface area contributed by atoms with E-state index in [2.05, 4.69) is 83.1 Å². The highest BCUT2D eigenvalue weighted by atomic mass is 32.2. The average molecular weight is 284 g/mol. The number of rotatable bonds is 1. The summed E-state index contributed by atoms with van der Waals surface area (Å²) in [7, 11) is 0. The Morgan fingerprint density at radius 3 is 1.53 bits per heavy atom. The van der Waals surface area contributed by atoms with Gasteiger partial charge in [0.15, 0.2) is 0 Å². The van der Waals surface area contributed by atoms with Crippen LogP contribution in [-0.2, 0) is 0 Å². The first-order valence-corrected chi connectivity index (χ1v) is 6.96. The molecule has 1 nitrogen and oxygen atoms in total. The van der Waals surface area contributed by atoms with E-state index < -0.39 is 8.41 Å². The summed E-state index contributed by atoms with van der Waals surface area (Å²) in [4.78, 5) is 2.16. The molecule has 0 atom stereocenters. The minimum absolute atomic E-state index is 0.165. The van der Waals surface area contributed by atoms with Gasteiger partial charge in [0.25, 0.3) is 0 Å². The molecular formula is C10H21NS4. The first-order chi connectivity index (χ1) is 6.48. The van der Waals surface area contributed by atoms with Crippen molar-refractivity contribution >= 4 is 50.5 Å². The Balaban J connectivity index is 3.07. The fraction of sp³-hybridized carbons (Fsp3) is 1.00. The Bertz CT molecular complexity index is 228. The van der Waals surface area contributed by atoms with E-state index in [1.807, 2.05) is 0 Å². The summed E-state index contributed by atoms with van der Waals surface area (Å²) >= 11 is 18.7. The van der Waals surface area contributed by atoms with Gasteiger partial charge in [0.1, 0.15) is 8.41 Å². The molecule has 1 heterocycles. The smallest absolute Gasteiger partial charge is 0.111 e. The highest BCUT2D eigenvalue weighted by molar-refractivity contribution is 8.02. The van der Waals surface area contributed by atoms with Crippen molar-refractivity contribution in [1.29, 1.82) is 0 Å². The third-order valence-corrected chi connectivity index (χ3v) is 4.21. The molecule has 1 saturated heterocycles. The highest BCUT2D eigenvalue weighted by Crippen LogP contribution is 2.55. The molecule has 90 valence electrons. The van der Waals surface area contributed by atoms with Crippen molar-refractivity contribution in [2.45, 2.75) is 55.0 Å². The molecule has 0 aliphatic carbocycles. The third-order valence-electron chi connectivity index (χ3n) is 2.72. The molecule has 0 aromatic carbocycles. The number of piperidine rings is 1. The van der Waals surface area contributed by atoms with Crippen LogP contribution in [-0.4, -0.2) is 19.3 Å². The SMILES string of the molecule is CC(C)N1C(S)(S)CC(C)(C)CC1(S)S. The van der Waals surface area contributed by atoms with Gasteiger partial charge in [-0.3, -0.25) is 4.90 Å². The number of thiol groups is 4. The van der Waals surface area contributed by atoms with Crippen LogP contribution in [0.15, 0.2) is 0 Å². The van der Waals surface area contributed by atoms with Crippen molar-refractivity contribution in [1.82, 2.24) is 4.90 Å². The molecule has 0 saturated carbocycles. The zero-order valence-corrected chi connectivity index (χ0v) is 13.3. The normalized spacial score (nSPS) is 29.4. The Hall–Kier alpha value is 1.36. The monoisotopic (exact) mass is 283 g/mol. The summed E-state index contributed by atoms with van der Waals surface area (Å²) in [6.45, 7) is 8.68. The number of nitrogens with zero attached hydrogens (tertiary/aromatic N) is 1. The predicted molar refractivity (Wildman–Crippen MR) is 81.4 cm³/mol. The predicted octanol–water partition coefficient (Wildman–Crippen LogP) is 3.54. The van der Waals surface area contributed by atoms with Crippen molar-refractivity contribution in [3.63, 3.8) is 0 Å². The van der Waals surface area contributed by atoms with Crippen LogP contribution in [0.2, 0.25) is 0 Å². The molecule has 0 bridgehead atoms. The molecule has 0 spiro atoms. The number of likely N-dealkylation sites (tertiary alicyclic amines) is 1. The molecule has 0 unspecified atom stereocenters. The van der Waals surface area contributed by atoms with E-state index >= 15 is 0 Å². The highest BCUT2D eigenvalue weighted by Gasteiger charge is 2.52. The van der Waals surface area contributed by atoms with E-state index in [1.54, 1.807) is 0 Å². The summed E-state index contributed by atoms with van der Waals surface area (Å²) in [6, 6.07) is 0.325. The molecule has 1 aliphatic rings. The summed E-state index contributed by atoms with van der Waals surface area (Å²) < 4.78 is -0.890. The first kappa shape index (κ1) is 14.4. The number of hydrogen-bond acceptors (Lipinski definition) is 5. The van der Waals surface area contributed by atoms with Crippen LogP contribution in [0.3, 0.4) is 0 Å². The molecular weight excluding hydrogens is 262 g/mol. The van der Waals surface area contributed by atoms with Crippen LogP contribution in [0, 0.1) is 5.41 Å². The topological polar surface area (TPSA) is 3.24 Å². The van der Waals surface area contributed by atoms with Gasteiger partial charge in [-0.1, -0.05) is 13.8 Å². The summed E-state index contributed by atoms with van der Waals surface area (Å²) in [5.41, 5.74) is 0.165. The van der Waals surface area contributed by atoms with Crippen LogP contribution in [0.25, 0.3) is 0 Å². The molecule has 1 fully saturated rings. The number of hydrogen-bond donors (Lipinski definition) is 4. The lowest BCUT2D eigenvalue weighted by atomic mass is 9.81. The van der Waals surface area contributed by atoms with E-state index in [9.17, 15) is 0 Å². The Morgan fingerprint density at radius 1 is 0.933 bits per heavy atom. The zero-order chi connectivity index (χ0) is 12.1. The fourth-order valence-electron chi connectivity index (χ4n) is 2.63. The largest absolute Gasteiger partial charge is 0.255 e. The lowest BCUT2D eigenvalue weighted by Crippen LogP contribution is -2.60. The maximum atomic E-state index is 4.67. The van der Waals surface area contributed by atoms with Gasteiger partial charge >= 0.3 is 0 Å². The molecule has 5 heteroatoms. The fourth-order valence-corrected chi connectivity index (χ4v) is 6.27. The third kappa shape index (κ3) is 3.18. The van der Waals surface area contributed by atoms with Crippen molar-refractivity contribution in [2.75, 3.05) is 0 Å². The van der Waals surface area contributed by atoms with E-state index in [1.165, 1.54) is 0 Å². The van der Waals surface area contributed by atoms with Gasteiger partial charge in [-0.15, -0.1) is 50.5 Å². The Kier molecular flexibility index (Phi) is 4.07. The van der Waals surface area contributed by atoms with Crippen LogP contribution < -0.4 is 0 Å². The van der Waals surface area contributed by atoms with Crippen LogP contribution in [0.4, 0.5) is 0 Å². The van der Waals surface area contributed by atoms with E-state index in [4.69, 9.17) is 0 Å². The minimum atomic E-state index is -0.445. The standard InChI is InChI=1S/C10H21NS4/c1-7(2)11-9(12,13)5-8(3,4)6-10(11,14)15/h7,12-15H,5-6H2,1-4H3. The van der Waals surface area contributed by atoms with Crippen molar-refractivity contribution in [3.05, 3.63) is 0 Å². The van der Waals surface area contributed by atoms with Crippen molar-refractivity contribution < 1.29 is 0 Å². The van der Waals surface area contributed by atoms with Gasteiger partial charge in [0.05, 0.1) is 0 Å². The van der Waals surface area contributed by atoms with Gasteiger partial charge in [0.2, 0.25) is 0 Å². The summed E-state index contributed by atoms with van der Waals surface area (Å²) in [6.07, 6.45) is 1.85. The van der Waals surface area contributed by atoms with Crippen LogP contribution in [0.5, 0.6) is 0 Å². The van der Waals surface area contributed by atoms with Gasteiger partial charge < -0.3 is 0 Å². The Labute approximate surface area is 115 Å². The zero-order valence-electron chi connectivity index (χ0n) is 9.73. The molecule has 0 amide bonds. The van der Waals surface area contributed by atoms with Gasteiger partial charge in [-0.25, -0.2) is 0 Å². The maximum absolute atomic E-state index is 4.67. The van der Waals surface area contributed by atoms with Gasteiger partial charge in [-0.05, 0) is 32.1 Å². The molecule has 0 aromatic heterocycles. The molecule has 0 N–H and O–H groups in total. The molecule has 1 aliphatic heterocycles. The minimum Gasteiger partial charge on any atom is -0.255 e. The summed E-state index contributed by atoms with van der Waals surface area (Å²) in [5, 5.41) is 0. The lowest BCUT2D eigenvalue weighted by Gasteiger charge is -2.57. The summed E-state index contributed by atoms with van der Waals surface area (Å²) in [5.74, 6) is 0. The van der Waals surface area contributed by atoms with E-state index in [-0.39, 0.29) is 5.41 Å². The maximum Gasteiger partial charge on any atom is 0.111 e. The van der Waals surface area contributed by atoms with E-state index in [0.717, 1.165) is 12.8 Å². The molecule has 0 radical (unpaired) electrons. The van der Waals surface area contributed by atoms with Gasteiger partial charge in [-0.2, -0.15) is 0 Å². The van der Waals surface area contributed by atoms with Crippen molar-refractivity contribution in [2.24, 2.45) is 5.41 Å². The first-order valence-electron chi connectivity index (χ1n) is 5.17. The second-order valence-corrected chi connectivity index (χ2v) is 9.20. The van der Waals surface area contributed by atoms with Crippen LogP contribution in [0.1, 0.15) is 40.5 Å². The van der Waals surface area contributed by atoms with Crippen molar-refractivity contribution in [3.8, 4) is 0 Å². The quantitative estimate of drug-likeness (QED) is 0.423. The average Bonchev–Trinajstić information content (AvgIpc) is 1.71. The Morgan fingerprint density at radius 2 is 1.27 bits per heavy atom. The van der Waals surface area contributed by atoms with E-state index in [0.29, 0.717) is 6.04 Å². The molecule has 1 rings (SSSR count).